The highest BCUT2D eigenvalue weighted by Crippen LogP contribution is 2.40. The lowest BCUT2D eigenvalue weighted by Crippen LogP contribution is -2.60. The van der Waals surface area contributed by atoms with E-state index in [2.05, 4.69) is 20.9 Å². The minimum atomic E-state index is -4.88. The number of carbonyl (C=O) groups is 4. The summed E-state index contributed by atoms with van der Waals surface area (Å²) in [6.45, 7) is 3.06. The average Bonchev–Trinajstić information content (AvgIpc) is 3.34. The molecule has 0 radical (unpaired) electrons. The normalized spacial score (nSPS) is 24.1. The second kappa shape index (κ2) is 18.6. The number of nitrogens with zero attached hydrogens (tertiary/aromatic N) is 6. The summed E-state index contributed by atoms with van der Waals surface area (Å²) in [4.78, 5) is 59.2. The summed E-state index contributed by atoms with van der Waals surface area (Å²) in [7, 11) is 0. The van der Waals surface area contributed by atoms with Gasteiger partial charge < -0.3 is 20.3 Å². The average molecular weight is 888 g/mol. The number of aromatic nitrogens is 1. The van der Waals surface area contributed by atoms with Crippen LogP contribution in [0.4, 0.5) is 43.4 Å². The van der Waals surface area contributed by atoms with Gasteiger partial charge in [-0.25, -0.2) is 4.98 Å². The first-order valence-corrected chi connectivity index (χ1v) is 19.5. The summed E-state index contributed by atoms with van der Waals surface area (Å²) < 4.78 is 90.0. The number of piperidine rings is 1. The standard InChI is InChI=1S/C38H43F6N9O5S.ClH/c1-36(2)34(57)52(25-17-27(37(39,40)41)29(18-45)46-19-25)35(59)53(36)24-6-8-26(9-7-24)58-15-14-50-12-13-51(30(20-50)38(42,43)44)21-32(55)48-23-5-3-4-22(16-23)47-28-10-11-31(54)49-33(28)56;/h3-5,16-17,19,24,26,28,30,47H,6-15,20-21H2,1-2H3,(H,48,55)(H,49,54,56);1H/t24?,26?,28-,30+;/m0./s1. The van der Waals surface area contributed by atoms with Gasteiger partial charge in [-0.3, -0.25) is 39.2 Å². The molecular formula is C38H44ClF6N9O5S. The van der Waals surface area contributed by atoms with E-state index >= 15 is 0 Å². The number of nitrogens with one attached hydrogen (secondary N) is 3. The number of rotatable bonds is 11. The topological polar surface area (TPSA) is 163 Å². The van der Waals surface area contributed by atoms with Crippen LogP contribution in [0.3, 0.4) is 0 Å². The number of imide groups is 1. The van der Waals surface area contributed by atoms with Crippen LogP contribution in [0.2, 0.25) is 0 Å². The highest BCUT2D eigenvalue weighted by atomic mass is 35.5. The van der Waals surface area contributed by atoms with E-state index < -0.39 is 65.5 Å². The van der Waals surface area contributed by atoms with Crippen LogP contribution >= 0.6 is 24.6 Å². The second-order valence-electron chi connectivity index (χ2n) is 15.5. The third-order valence-corrected chi connectivity index (χ3v) is 11.4. The quantitative estimate of drug-likeness (QED) is 0.160. The zero-order chi connectivity index (χ0) is 42.9. The third-order valence-electron chi connectivity index (χ3n) is 11.1. The number of alkyl halides is 6. The minimum absolute atomic E-state index is 0. The summed E-state index contributed by atoms with van der Waals surface area (Å²) in [5.41, 5.74) is -2.67. The van der Waals surface area contributed by atoms with Crippen molar-refractivity contribution in [1.29, 1.82) is 5.26 Å². The number of thiocarbonyl (C=S) groups is 1. The Kier molecular flexibility index (Phi) is 14.4. The fraction of sp³-hybridized carbons (Fsp3) is 0.553. The van der Waals surface area contributed by atoms with Gasteiger partial charge in [0, 0.05) is 50.0 Å². The van der Waals surface area contributed by atoms with E-state index in [0.717, 1.165) is 16.0 Å². The summed E-state index contributed by atoms with van der Waals surface area (Å²) >= 11 is 5.65. The van der Waals surface area contributed by atoms with Crippen molar-refractivity contribution in [3.8, 4) is 6.07 Å². The Hall–Kier alpha value is -4.62. The van der Waals surface area contributed by atoms with Gasteiger partial charge in [-0.1, -0.05) is 6.07 Å². The predicted octanol–water partition coefficient (Wildman–Crippen LogP) is 4.84. The molecule has 1 saturated carbocycles. The largest absolute Gasteiger partial charge is 0.419 e. The van der Waals surface area contributed by atoms with Crippen LogP contribution in [0.15, 0.2) is 36.5 Å². The van der Waals surface area contributed by atoms with Crippen LogP contribution in [-0.2, 0) is 30.1 Å². The Bertz CT molecular complexity index is 2010. The maximum Gasteiger partial charge on any atom is 0.419 e. The number of ether oxygens (including phenoxy) is 1. The molecule has 1 aromatic carbocycles. The predicted molar refractivity (Wildman–Crippen MR) is 212 cm³/mol. The molecule has 2 atom stereocenters. The number of pyridine rings is 1. The van der Waals surface area contributed by atoms with E-state index in [4.69, 9.17) is 22.2 Å². The van der Waals surface area contributed by atoms with Crippen LogP contribution in [-0.4, -0.2) is 124 Å². The van der Waals surface area contributed by atoms with Crippen molar-refractivity contribution in [1.82, 2.24) is 25.0 Å². The van der Waals surface area contributed by atoms with Gasteiger partial charge in [-0.15, -0.1) is 12.4 Å². The van der Waals surface area contributed by atoms with Crippen molar-refractivity contribution in [2.45, 2.75) is 94.5 Å². The maximum absolute atomic E-state index is 14.3. The Morgan fingerprint density at radius 2 is 1.75 bits per heavy atom. The van der Waals surface area contributed by atoms with Crippen molar-refractivity contribution in [3.63, 3.8) is 0 Å². The van der Waals surface area contributed by atoms with Gasteiger partial charge in [0.2, 0.25) is 17.7 Å². The molecular weight excluding hydrogens is 844 g/mol. The molecule has 3 aliphatic heterocycles. The lowest BCUT2D eigenvalue weighted by atomic mass is 9.89. The molecule has 22 heteroatoms. The van der Waals surface area contributed by atoms with Crippen LogP contribution in [0.5, 0.6) is 0 Å². The highest BCUT2D eigenvalue weighted by Gasteiger charge is 2.53. The number of hydrogen-bond donors (Lipinski definition) is 3. The van der Waals surface area contributed by atoms with Crippen LogP contribution < -0.4 is 20.9 Å². The summed E-state index contributed by atoms with van der Waals surface area (Å²) in [6, 6.07) is 5.74. The van der Waals surface area contributed by atoms with Gasteiger partial charge in [-0.05, 0) is 82.4 Å². The van der Waals surface area contributed by atoms with Crippen molar-refractivity contribution in [2.75, 3.05) is 54.9 Å². The zero-order valence-corrected chi connectivity index (χ0v) is 34.2. The number of nitriles is 1. The molecule has 4 heterocycles. The molecule has 3 saturated heterocycles. The number of carbonyl (C=O) groups excluding carboxylic acids is 4. The first-order valence-electron chi connectivity index (χ1n) is 19.1. The van der Waals surface area contributed by atoms with Crippen LogP contribution in [0.1, 0.15) is 63.6 Å². The number of piperazine rings is 1. The molecule has 3 N–H and O–H groups in total. The molecule has 4 amide bonds. The zero-order valence-electron chi connectivity index (χ0n) is 32.6. The Morgan fingerprint density at radius 3 is 2.40 bits per heavy atom. The lowest BCUT2D eigenvalue weighted by Gasteiger charge is -2.42. The minimum Gasteiger partial charge on any atom is -0.377 e. The summed E-state index contributed by atoms with van der Waals surface area (Å²) in [6.07, 6.45) is -6.05. The summed E-state index contributed by atoms with van der Waals surface area (Å²) in [5.74, 6) is -2.00. The van der Waals surface area contributed by atoms with Crippen LogP contribution in [0, 0.1) is 11.3 Å². The van der Waals surface area contributed by atoms with E-state index in [9.17, 15) is 45.5 Å². The fourth-order valence-electron chi connectivity index (χ4n) is 8.03. The Balaban J connectivity index is 0.00000683. The molecule has 4 aliphatic rings. The van der Waals surface area contributed by atoms with Crippen LogP contribution in [0.25, 0.3) is 0 Å². The molecule has 1 aromatic heterocycles. The molecule has 60 heavy (non-hydrogen) atoms. The maximum atomic E-state index is 14.3. The highest BCUT2D eigenvalue weighted by molar-refractivity contribution is 7.80. The monoisotopic (exact) mass is 887 g/mol. The molecule has 0 unspecified atom stereocenters. The van der Waals surface area contributed by atoms with E-state index in [1.165, 1.54) is 6.07 Å². The number of anilines is 3. The number of halogens is 7. The van der Waals surface area contributed by atoms with Crippen molar-refractivity contribution in [2.24, 2.45) is 0 Å². The van der Waals surface area contributed by atoms with E-state index in [1.54, 1.807) is 47.9 Å². The number of amides is 4. The molecule has 4 fully saturated rings. The van der Waals surface area contributed by atoms with Gasteiger partial charge in [0.1, 0.15) is 23.7 Å². The fourth-order valence-corrected chi connectivity index (χ4v) is 8.60. The van der Waals surface area contributed by atoms with E-state index in [0.29, 0.717) is 49.5 Å². The summed E-state index contributed by atoms with van der Waals surface area (Å²) in [5, 5.41) is 17.0. The number of hydrogen-bond acceptors (Lipinski definition) is 11. The van der Waals surface area contributed by atoms with Crippen molar-refractivity contribution in [3.05, 3.63) is 47.8 Å². The molecule has 2 aromatic rings. The lowest BCUT2D eigenvalue weighted by molar-refractivity contribution is -0.197. The van der Waals surface area contributed by atoms with E-state index in [-0.39, 0.29) is 80.5 Å². The van der Waals surface area contributed by atoms with Gasteiger partial charge in [0.25, 0.3) is 5.91 Å². The molecule has 0 spiro atoms. The first kappa shape index (κ1) is 46.4. The first-order chi connectivity index (χ1) is 27.8. The van der Waals surface area contributed by atoms with E-state index in [1.807, 2.05) is 0 Å². The Labute approximate surface area is 353 Å². The second-order valence-corrected chi connectivity index (χ2v) is 15.8. The third kappa shape index (κ3) is 10.5. The molecule has 1 aliphatic carbocycles. The Morgan fingerprint density at radius 1 is 1.05 bits per heavy atom. The van der Waals surface area contributed by atoms with Gasteiger partial charge >= 0.3 is 12.4 Å². The van der Waals surface area contributed by atoms with Crippen molar-refractivity contribution >= 4 is 70.4 Å². The molecule has 14 nitrogen and oxygen atoms in total. The van der Waals surface area contributed by atoms with Gasteiger partial charge in [0.05, 0.1) is 36.7 Å². The van der Waals surface area contributed by atoms with Crippen molar-refractivity contribution < 1.29 is 50.3 Å². The smallest absolute Gasteiger partial charge is 0.377 e. The SMILES string of the molecule is CC1(C)C(=O)N(c2cnc(C#N)c(C(F)(F)F)c2)C(=S)N1C1CCC(OCCN2CCN(CC(=O)Nc3cccc(N[C@H]4CCC(=O)NC4=O)c3)[C@@H](C(F)(F)F)C2)CC1.Cl. The molecule has 0 bridgehead atoms. The van der Waals surface area contributed by atoms with Gasteiger partial charge in [-0.2, -0.15) is 31.6 Å². The number of benzene rings is 1. The van der Waals surface area contributed by atoms with Gasteiger partial charge in [0.15, 0.2) is 10.8 Å². The molecule has 6 rings (SSSR count). The molecule has 326 valence electrons.